The Kier molecular flexibility index (Phi) is 5.91. The van der Waals surface area contributed by atoms with Crippen LogP contribution in [0.2, 0.25) is 4.34 Å². The molecule has 20 heavy (non-hydrogen) atoms. The number of nitrogens with one attached hydrogen (secondary N) is 1. The summed E-state index contributed by atoms with van der Waals surface area (Å²) >= 11 is 7.88. The summed E-state index contributed by atoms with van der Waals surface area (Å²) in [6.45, 7) is 10.4. The Morgan fingerprint density at radius 2 is 2.00 bits per heavy atom. The maximum absolute atomic E-state index is 6.16. The van der Waals surface area contributed by atoms with E-state index in [-0.39, 0.29) is 5.54 Å². The molecule has 0 amide bonds. The van der Waals surface area contributed by atoms with Crippen molar-refractivity contribution < 1.29 is 0 Å². The van der Waals surface area contributed by atoms with Gasteiger partial charge in [0.05, 0.1) is 10.4 Å². The van der Waals surface area contributed by atoms with Gasteiger partial charge in [-0.15, -0.1) is 11.3 Å². The van der Waals surface area contributed by atoms with Crippen molar-refractivity contribution in [1.29, 1.82) is 0 Å². The SMILES string of the molecule is CCNC(c1ccc(Cl)s1)C(C)(CC)N1CCCCC1. The first-order valence-corrected chi connectivity index (χ1v) is 9.05. The van der Waals surface area contributed by atoms with Crippen LogP contribution in [0.5, 0.6) is 0 Å². The molecule has 1 aliphatic rings. The predicted molar refractivity (Wildman–Crippen MR) is 89.9 cm³/mol. The van der Waals surface area contributed by atoms with E-state index in [4.69, 9.17) is 11.6 Å². The van der Waals surface area contributed by atoms with Gasteiger partial charge in [0.1, 0.15) is 0 Å². The van der Waals surface area contributed by atoms with Crippen LogP contribution in [0.4, 0.5) is 0 Å². The molecule has 1 N–H and O–H groups in total. The lowest BCUT2D eigenvalue weighted by atomic mass is 9.84. The summed E-state index contributed by atoms with van der Waals surface area (Å²) in [6.07, 6.45) is 5.20. The largest absolute Gasteiger partial charge is 0.308 e. The van der Waals surface area contributed by atoms with Crippen molar-refractivity contribution in [2.45, 2.75) is 58.0 Å². The second-order valence-corrected chi connectivity index (χ2v) is 7.64. The smallest absolute Gasteiger partial charge is 0.0931 e. The third-order valence-electron chi connectivity index (χ3n) is 4.70. The van der Waals surface area contributed by atoms with E-state index in [1.165, 1.54) is 37.2 Å². The fraction of sp³-hybridized carbons (Fsp3) is 0.750. The van der Waals surface area contributed by atoms with E-state index in [9.17, 15) is 0 Å². The van der Waals surface area contributed by atoms with E-state index >= 15 is 0 Å². The van der Waals surface area contributed by atoms with E-state index in [2.05, 4.69) is 37.1 Å². The summed E-state index contributed by atoms with van der Waals surface area (Å²) in [6, 6.07) is 4.59. The Morgan fingerprint density at radius 3 is 2.50 bits per heavy atom. The number of hydrogen-bond donors (Lipinski definition) is 1. The van der Waals surface area contributed by atoms with Crippen LogP contribution in [0.25, 0.3) is 0 Å². The van der Waals surface area contributed by atoms with E-state index in [0.717, 1.165) is 17.3 Å². The molecule has 0 aromatic carbocycles. The second-order valence-electron chi connectivity index (χ2n) is 5.89. The first-order valence-electron chi connectivity index (χ1n) is 7.85. The highest BCUT2D eigenvalue weighted by Gasteiger charge is 2.39. The van der Waals surface area contributed by atoms with Crippen LogP contribution >= 0.6 is 22.9 Å². The van der Waals surface area contributed by atoms with Gasteiger partial charge in [0.2, 0.25) is 0 Å². The third kappa shape index (κ3) is 3.38. The molecule has 0 radical (unpaired) electrons. The highest BCUT2D eigenvalue weighted by Crippen LogP contribution is 2.39. The molecule has 0 aliphatic carbocycles. The van der Waals surface area contributed by atoms with Crippen molar-refractivity contribution in [2.24, 2.45) is 0 Å². The van der Waals surface area contributed by atoms with Gasteiger partial charge in [0.25, 0.3) is 0 Å². The van der Waals surface area contributed by atoms with Crippen molar-refractivity contribution in [2.75, 3.05) is 19.6 Å². The van der Waals surface area contributed by atoms with Gasteiger partial charge in [-0.2, -0.15) is 0 Å². The molecule has 2 rings (SSSR count). The van der Waals surface area contributed by atoms with Crippen LogP contribution in [0.1, 0.15) is 57.4 Å². The fourth-order valence-electron chi connectivity index (χ4n) is 3.33. The van der Waals surface area contributed by atoms with Crippen molar-refractivity contribution in [1.82, 2.24) is 10.2 Å². The molecule has 0 bridgehead atoms. The maximum atomic E-state index is 6.16. The first kappa shape index (κ1) is 16.3. The summed E-state index contributed by atoms with van der Waals surface area (Å²) in [5.41, 5.74) is 0.171. The summed E-state index contributed by atoms with van der Waals surface area (Å²) < 4.78 is 0.889. The molecule has 2 unspecified atom stereocenters. The number of hydrogen-bond acceptors (Lipinski definition) is 3. The van der Waals surface area contributed by atoms with Crippen molar-refractivity contribution >= 4 is 22.9 Å². The average molecular weight is 315 g/mol. The van der Waals surface area contributed by atoms with Crippen LogP contribution in [0, 0.1) is 0 Å². The van der Waals surface area contributed by atoms with E-state index in [1.807, 2.05) is 6.07 Å². The molecule has 2 atom stereocenters. The lowest BCUT2D eigenvalue weighted by Crippen LogP contribution is -2.55. The number of likely N-dealkylation sites (tertiary alicyclic amines) is 1. The molecule has 0 spiro atoms. The number of likely N-dealkylation sites (N-methyl/N-ethyl adjacent to an activating group) is 1. The molecule has 2 heterocycles. The van der Waals surface area contributed by atoms with Gasteiger partial charge < -0.3 is 5.32 Å². The number of nitrogens with zero attached hydrogens (tertiary/aromatic N) is 1. The summed E-state index contributed by atoms with van der Waals surface area (Å²) in [5.74, 6) is 0. The first-order chi connectivity index (χ1) is 9.61. The number of thiophene rings is 1. The van der Waals surface area contributed by atoms with Crippen molar-refractivity contribution in [3.63, 3.8) is 0 Å². The Labute approximate surface area is 132 Å². The van der Waals surface area contributed by atoms with Crippen LogP contribution < -0.4 is 5.32 Å². The lowest BCUT2D eigenvalue weighted by molar-refractivity contribution is 0.0440. The molecule has 1 aromatic heterocycles. The summed E-state index contributed by atoms with van der Waals surface area (Å²) in [7, 11) is 0. The normalized spacial score (nSPS) is 21.6. The maximum Gasteiger partial charge on any atom is 0.0931 e. The number of piperidine rings is 1. The third-order valence-corrected chi connectivity index (χ3v) is 6.00. The molecule has 2 nitrogen and oxygen atoms in total. The van der Waals surface area contributed by atoms with E-state index in [0.29, 0.717) is 6.04 Å². The van der Waals surface area contributed by atoms with Crippen molar-refractivity contribution in [3.05, 3.63) is 21.3 Å². The summed E-state index contributed by atoms with van der Waals surface area (Å²) in [4.78, 5) is 4.06. The van der Waals surface area contributed by atoms with Gasteiger partial charge in [0.15, 0.2) is 0 Å². The molecular formula is C16H27ClN2S. The molecule has 1 fully saturated rings. The monoisotopic (exact) mass is 314 g/mol. The molecule has 1 aliphatic heterocycles. The van der Waals surface area contributed by atoms with Crippen LogP contribution in [-0.4, -0.2) is 30.1 Å². The van der Waals surface area contributed by atoms with Crippen LogP contribution in [0.3, 0.4) is 0 Å². The van der Waals surface area contributed by atoms with Gasteiger partial charge >= 0.3 is 0 Å². The molecular weight excluding hydrogens is 288 g/mol. The van der Waals surface area contributed by atoms with Gasteiger partial charge in [-0.1, -0.05) is 31.9 Å². The van der Waals surface area contributed by atoms with Gasteiger partial charge in [-0.25, -0.2) is 0 Å². The Hall–Kier alpha value is -0.0900. The highest BCUT2D eigenvalue weighted by molar-refractivity contribution is 7.16. The van der Waals surface area contributed by atoms with Gasteiger partial charge in [-0.3, -0.25) is 4.90 Å². The van der Waals surface area contributed by atoms with Crippen LogP contribution in [0.15, 0.2) is 12.1 Å². The molecule has 1 aromatic rings. The molecule has 0 saturated carbocycles. The van der Waals surface area contributed by atoms with E-state index in [1.54, 1.807) is 11.3 Å². The zero-order chi connectivity index (χ0) is 14.6. The molecule has 1 saturated heterocycles. The number of halogens is 1. The standard InChI is InChI=1S/C16H27ClN2S/c1-4-16(3,19-11-7-6-8-12-19)15(18-5-2)13-9-10-14(17)20-13/h9-10,15,18H,4-8,11-12H2,1-3H3. The zero-order valence-corrected chi connectivity index (χ0v) is 14.5. The Bertz CT molecular complexity index is 414. The Morgan fingerprint density at radius 1 is 1.30 bits per heavy atom. The zero-order valence-electron chi connectivity index (χ0n) is 12.9. The number of rotatable bonds is 6. The minimum Gasteiger partial charge on any atom is -0.308 e. The van der Waals surface area contributed by atoms with Crippen molar-refractivity contribution in [3.8, 4) is 0 Å². The predicted octanol–water partition coefficient (Wildman–Crippen LogP) is 4.71. The fourth-order valence-corrected chi connectivity index (χ4v) is 4.61. The average Bonchev–Trinajstić information content (AvgIpc) is 2.91. The van der Waals surface area contributed by atoms with Gasteiger partial charge in [0, 0.05) is 10.4 Å². The van der Waals surface area contributed by atoms with Crippen LogP contribution in [-0.2, 0) is 0 Å². The lowest BCUT2D eigenvalue weighted by Gasteiger charge is -2.48. The Balaban J connectivity index is 2.27. The topological polar surface area (TPSA) is 15.3 Å². The quantitative estimate of drug-likeness (QED) is 0.818. The second kappa shape index (κ2) is 7.26. The van der Waals surface area contributed by atoms with Gasteiger partial charge in [-0.05, 0) is 58.0 Å². The van der Waals surface area contributed by atoms with E-state index < -0.39 is 0 Å². The minimum atomic E-state index is 0.171. The minimum absolute atomic E-state index is 0.171. The summed E-state index contributed by atoms with van der Waals surface area (Å²) in [5, 5.41) is 3.71. The highest BCUT2D eigenvalue weighted by atomic mass is 35.5. The molecule has 4 heteroatoms. The molecule has 114 valence electrons.